The van der Waals surface area contributed by atoms with Crippen LogP contribution in [-0.4, -0.2) is 35.0 Å². The summed E-state index contributed by atoms with van der Waals surface area (Å²) in [5.41, 5.74) is -0.0487. The smallest absolute Gasteiger partial charge is 0.305 e. The van der Waals surface area contributed by atoms with E-state index in [0.29, 0.717) is 23.6 Å². The minimum absolute atomic E-state index is 0.0758. The lowest BCUT2D eigenvalue weighted by molar-refractivity contribution is -0.141. The number of anilines is 1. The lowest BCUT2D eigenvalue weighted by atomic mass is 9.74. The van der Waals surface area contributed by atoms with E-state index in [9.17, 15) is 14.4 Å². The number of hydrogen-bond donors (Lipinski definition) is 2. The summed E-state index contributed by atoms with van der Waals surface area (Å²) in [6.07, 6.45) is 2.27. The molecule has 24 heavy (non-hydrogen) atoms. The minimum atomic E-state index is -0.921. The molecule has 1 unspecified atom stereocenters. The van der Waals surface area contributed by atoms with E-state index in [0.717, 1.165) is 6.42 Å². The van der Waals surface area contributed by atoms with Gasteiger partial charge in [0.15, 0.2) is 0 Å². The monoisotopic (exact) mass is 350 g/mol. The first-order valence-corrected chi connectivity index (χ1v) is 8.37. The quantitative estimate of drug-likeness (QED) is 0.852. The second kappa shape index (κ2) is 6.43. The van der Waals surface area contributed by atoms with Crippen LogP contribution in [0.2, 0.25) is 5.02 Å². The maximum Gasteiger partial charge on any atom is 0.305 e. The highest BCUT2D eigenvalue weighted by atomic mass is 35.5. The summed E-state index contributed by atoms with van der Waals surface area (Å²) in [5.74, 6) is -1.81. The van der Waals surface area contributed by atoms with E-state index in [4.69, 9.17) is 16.7 Å². The number of benzene rings is 1. The molecular weight excluding hydrogens is 332 g/mol. The Morgan fingerprint density at radius 3 is 2.62 bits per heavy atom. The van der Waals surface area contributed by atoms with Crippen molar-refractivity contribution in [1.82, 2.24) is 5.32 Å². The van der Waals surface area contributed by atoms with Crippen molar-refractivity contribution in [3.63, 3.8) is 0 Å². The van der Waals surface area contributed by atoms with Crippen LogP contribution in [0.4, 0.5) is 5.69 Å². The zero-order valence-electron chi connectivity index (χ0n) is 13.1. The normalized spacial score (nSPS) is 22.1. The zero-order valence-corrected chi connectivity index (χ0v) is 13.9. The van der Waals surface area contributed by atoms with Gasteiger partial charge in [-0.2, -0.15) is 0 Å². The second-order valence-corrected chi connectivity index (χ2v) is 6.96. The first-order valence-electron chi connectivity index (χ1n) is 7.99. The molecule has 128 valence electrons. The SMILES string of the molecule is O=C(O)CC1(NC(=O)C2CC(=O)N(c3ccccc3Cl)C2)CCC1. The molecule has 2 aliphatic rings. The van der Waals surface area contributed by atoms with E-state index < -0.39 is 17.4 Å². The molecule has 1 saturated carbocycles. The number of carboxylic acids is 1. The Hall–Kier alpha value is -2.08. The van der Waals surface area contributed by atoms with Gasteiger partial charge in [0.25, 0.3) is 0 Å². The van der Waals surface area contributed by atoms with Crippen LogP contribution in [-0.2, 0) is 14.4 Å². The number of rotatable bonds is 5. The van der Waals surface area contributed by atoms with Crippen LogP contribution in [0, 0.1) is 5.92 Å². The van der Waals surface area contributed by atoms with Crippen molar-refractivity contribution in [2.75, 3.05) is 11.4 Å². The molecule has 1 aliphatic carbocycles. The highest BCUT2D eigenvalue weighted by Crippen LogP contribution is 2.36. The molecule has 0 aromatic heterocycles. The fourth-order valence-corrected chi connectivity index (χ4v) is 3.63. The number of carbonyl (C=O) groups excluding carboxylic acids is 2. The Morgan fingerprint density at radius 1 is 1.33 bits per heavy atom. The maximum atomic E-state index is 12.5. The van der Waals surface area contributed by atoms with Gasteiger partial charge in [-0.15, -0.1) is 0 Å². The lowest BCUT2D eigenvalue weighted by Crippen LogP contribution is -2.56. The number of halogens is 1. The highest BCUT2D eigenvalue weighted by Gasteiger charge is 2.43. The molecule has 1 aromatic rings. The largest absolute Gasteiger partial charge is 0.481 e. The summed E-state index contributed by atoms with van der Waals surface area (Å²) in [7, 11) is 0. The van der Waals surface area contributed by atoms with Crippen LogP contribution >= 0.6 is 11.6 Å². The molecule has 7 heteroatoms. The van der Waals surface area contributed by atoms with Gasteiger partial charge in [0.1, 0.15) is 0 Å². The summed E-state index contributed by atoms with van der Waals surface area (Å²) in [6, 6.07) is 7.02. The van der Waals surface area contributed by atoms with Gasteiger partial charge >= 0.3 is 5.97 Å². The Morgan fingerprint density at radius 2 is 2.04 bits per heavy atom. The first kappa shape index (κ1) is 16.8. The number of carboxylic acid groups (broad SMARTS) is 1. The minimum Gasteiger partial charge on any atom is -0.481 e. The fraction of sp³-hybridized carbons (Fsp3) is 0.471. The van der Waals surface area contributed by atoms with Crippen molar-refractivity contribution in [2.24, 2.45) is 5.92 Å². The van der Waals surface area contributed by atoms with Gasteiger partial charge in [0.2, 0.25) is 11.8 Å². The Balaban J connectivity index is 1.68. The topological polar surface area (TPSA) is 86.7 Å². The van der Waals surface area contributed by atoms with Crippen LogP contribution in [0.5, 0.6) is 0 Å². The van der Waals surface area contributed by atoms with E-state index in [-0.39, 0.29) is 31.2 Å². The molecule has 0 bridgehead atoms. The van der Waals surface area contributed by atoms with Crippen LogP contribution < -0.4 is 10.2 Å². The summed E-state index contributed by atoms with van der Waals surface area (Å²) < 4.78 is 0. The molecule has 2 N–H and O–H groups in total. The fourth-order valence-electron chi connectivity index (χ4n) is 3.39. The molecular formula is C17H19ClN2O4. The van der Waals surface area contributed by atoms with Crippen molar-refractivity contribution in [1.29, 1.82) is 0 Å². The number of aliphatic carboxylic acids is 1. The zero-order chi connectivity index (χ0) is 17.3. The molecule has 2 fully saturated rings. The second-order valence-electron chi connectivity index (χ2n) is 6.55. The van der Waals surface area contributed by atoms with Gasteiger partial charge in [0, 0.05) is 13.0 Å². The average molecular weight is 351 g/mol. The molecule has 1 saturated heterocycles. The standard InChI is InChI=1S/C17H19ClN2O4/c18-12-4-1-2-5-13(12)20-10-11(8-14(20)21)16(24)19-17(6-3-7-17)9-15(22)23/h1-2,4-5,11H,3,6-10H2,(H,19,24)(H,22,23). The van der Waals surface area contributed by atoms with Crippen molar-refractivity contribution >= 4 is 35.1 Å². The molecule has 1 aliphatic heterocycles. The highest BCUT2D eigenvalue weighted by molar-refractivity contribution is 6.33. The number of hydrogen-bond acceptors (Lipinski definition) is 3. The van der Waals surface area contributed by atoms with Gasteiger partial charge in [-0.1, -0.05) is 23.7 Å². The van der Waals surface area contributed by atoms with Crippen LogP contribution in [0.15, 0.2) is 24.3 Å². The number of nitrogens with one attached hydrogen (secondary N) is 1. The van der Waals surface area contributed by atoms with E-state index in [1.165, 1.54) is 4.90 Å². The molecule has 1 aromatic carbocycles. The van der Waals surface area contributed by atoms with Gasteiger partial charge in [-0.3, -0.25) is 14.4 Å². The van der Waals surface area contributed by atoms with Crippen LogP contribution in [0.3, 0.4) is 0 Å². The number of nitrogens with zero attached hydrogens (tertiary/aromatic N) is 1. The third-order valence-electron chi connectivity index (χ3n) is 4.83. The number of para-hydroxylation sites is 1. The molecule has 0 spiro atoms. The van der Waals surface area contributed by atoms with Gasteiger partial charge in [0.05, 0.1) is 28.6 Å². The summed E-state index contributed by atoms with van der Waals surface area (Å²) in [6.45, 7) is 0.261. The predicted octanol–water partition coefficient (Wildman–Crippen LogP) is 2.21. The van der Waals surface area contributed by atoms with Crippen LogP contribution in [0.1, 0.15) is 32.1 Å². The summed E-state index contributed by atoms with van der Waals surface area (Å²) in [4.78, 5) is 37.3. The first-order chi connectivity index (χ1) is 11.4. The van der Waals surface area contributed by atoms with Crippen molar-refractivity contribution in [3.8, 4) is 0 Å². The maximum absolute atomic E-state index is 12.5. The molecule has 6 nitrogen and oxygen atoms in total. The van der Waals surface area contributed by atoms with E-state index in [2.05, 4.69) is 5.32 Å². The Kier molecular flexibility index (Phi) is 4.49. The number of amides is 2. The number of carbonyl (C=O) groups is 3. The van der Waals surface area contributed by atoms with Crippen molar-refractivity contribution < 1.29 is 19.5 Å². The van der Waals surface area contributed by atoms with E-state index >= 15 is 0 Å². The lowest BCUT2D eigenvalue weighted by Gasteiger charge is -2.42. The van der Waals surface area contributed by atoms with E-state index in [1.807, 2.05) is 0 Å². The van der Waals surface area contributed by atoms with Crippen molar-refractivity contribution in [2.45, 2.75) is 37.6 Å². The Bertz CT molecular complexity index is 687. The Labute approximate surface area is 144 Å². The van der Waals surface area contributed by atoms with Gasteiger partial charge in [-0.25, -0.2) is 0 Å². The third kappa shape index (κ3) is 3.24. The summed E-state index contributed by atoms with van der Waals surface area (Å²) in [5, 5.41) is 12.4. The molecule has 2 amide bonds. The molecule has 0 radical (unpaired) electrons. The van der Waals surface area contributed by atoms with Gasteiger partial charge in [-0.05, 0) is 31.4 Å². The third-order valence-corrected chi connectivity index (χ3v) is 5.15. The molecule has 3 rings (SSSR count). The predicted molar refractivity (Wildman–Crippen MR) is 88.9 cm³/mol. The van der Waals surface area contributed by atoms with Gasteiger partial charge < -0.3 is 15.3 Å². The molecule has 1 atom stereocenters. The summed E-state index contributed by atoms with van der Waals surface area (Å²) >= 11 is 6.13. The van der Waals surface area contributed by atoms with E-state index in [1.54, 1.807) is 24.3 Å². The van der Waals surface area contributed by atoms with Crippen LogP contribution in [0.25, 0.3) is 0 Å². The average Bonchev–Trinajstić information content (AvgIpc) is 2.87. The van der Waals surface area contributed by atoms with Crippen molar-refractivity contribution in [3.05, 3.63) is 29.3 Å². The molecule has 1 heterocycles.